The molecular weight excluding hydrogens is 492 g/mol. The lowest BCUT2D eigenvalue weighted by Crippen LogP contribution is -2.22. The van der Waals surface area contributed by atoms with Crippen molar-refractivity contribution in [1.29, 1.82) is 0 Å². The minimum Gasteiger partial charge on any atom is -0.491 e. The number of nitrogens with one attached hydrogen (secondary N) is 1. The van der Waals surface area contributed by atoms with E-state index in [9.17, 15) is 9.59 Å². The largest absolute Gasteiger partial charge is 0.491 e. The summed E-state index contributed by atoms with van der Waals surface area (Å²) in [7, 11) is 0. The van der Waals surface area contributed by atoms with Crippen LogP contribution >= 0.6 is 0 Å². The Kier molecular flexibility index (Phi) is 7.01. The SMILES string of the molecule is C=CC(=O)Nc1cccc(-n2c(=O)n(-c3ccc(Oc4cccc(OC(C)C)c4)c(C)c3)c3cnccc32)c1. The number of carbonyl (C=O) groups excluding carboxylic acids is 1. The maximum Gasteiger partial charge on any atom is 0.338 e. The molecule has 5 rings (SSSR count). The number of hydrogen-bond acceptors (Lipinski definition) is 5. The number of benzene rings is 3. The van der Waals surface area contributed by atoms with Crippen LogP contribution < -0.4 is 20.5 Å². The zero-order chi connectivity index (χ0) is 27.5. The Balaban J connectivity index is 1.53. The molecule has 0 bridgehead atoms. The Labute approximate surface area is 225 Å². The number of pyridine rings is 1. The van der Waals surface area contributed by atoms with Gasteiger partial charge in [0.05, 0.1) is 34.7 Å². The van der Waals surface area contributed by atoms with Gasteiger partial charge in [0.2, 0.25) is 5.91 Å². The van der Waals surface area contributed by atoms with Crippen molar-refractivity contribution in [2.75, 3.05) is 5.32 Å². The van der Waals surface area contributed by atoms with E-state index in [4.69, 9.17) is 9.47 Å². The molecule has 0 spiro atoms. The maximum absolute atomic E-state index is 13.8. The third kappa shape index (κ3) is 5.31. The number of carbonyl (C=O) groups is 1. The molecule has 0 aliphatic carbocycles. The van der Waals surface area contributed by atoms with Gasteiger partial charge in [-0.3, -0.25) is 18.9 Å². The molecular formula is C31H28N4O4. The van der Waals surface area contributed by atoms with Gasteiger partial charge in [0.1, 0.15) is 17.2 Å². The van der Waals surface area contributed by atoms with Crippen molar-refractivity contribution in [2.45, 2.75) is 26.9 Å². The predicted molar refractivity (Wildman–Crippen MR) is 153 cm³/mol. The minimum atomic E-state index is -0.330. The summed E-state index contributed by atoms with van der Waals surface area (Å²) < 4.78 is 15.1. The van der Waals surface area contributed by atoms with Gasteiger partial charge in [-0.05, 0) is 87.0 Å². The van der Waals surface area contributed by atoms with Gasteiger partial charge in [-0.1, -0.05) is 18.7 Å². The smallest absolute Gasteiger partial charge is 0.338 e. The highest BCUT2D eigenvalue weighted by Gasteiger charge is 2.17. The van der Waals surface area contributed by atoms with E-state index in [0.717, 1.165) is 11.3 Å². The van der Waals surface area contributed by atoms with Gasteiger partial charge in [-0.25, -0.2) is 4.79 Å². The summed E-state index contributed by atoms with van der Waals surface area (Å²) in [4.78, 5) is 29.9. The van der Waals surface area contributed by atoms with Crippen LogP contribution in [-0.2, 0) is 4.79 Å². The van der Waals surface area contributed by atoms with Crippen molar-refractivity contribution < 1.29 is 14.3 Å². The highest BCUT2D eigenvalue weighted by Crippen LogP contribution is 2.30. The van der Waals surface area contributed by atoms with Crippen LogP contribution in [0.15, 0.2) is 103 Å². The Morgan fingerprint density at radius 3 is 2.46 bits per heavy atom. The quantitative estimate of drug-likeness (QED) is 0.247. The standard InChI is InChI=1S/C31H28N4O4/c1-5-30(36)33-22-8-6-9-23(17-22)34-27-14-15-32-19-28(27)35(31(34)37)24-12-13-29(21(4)16-24)39-26-11-7-10-25(18-26)38-20(2)3/h5-20H,1H2,2-4H3,(H,33,36). The fraction of sp³-hybridized carbons (Fsp3) is 0.129. The van der Waals surface area contributed by atoms with Crippen LogP contribution in [0.25, 0.3) is 22.4 Å². The molecule has 0 aliphatic rings. The third-order valence-corrected chi connectivity index (χ3v) is 6.02. The highest BCUT2D eigenvalue weighted by atomic mass is 16.5. The summed E-state index contributed by atoms with van der Waals surface area (Å²) in [5.41, 5.74) is 3.76. The zero-order valence-electron chi connectivity index (χ0n) is 21.9. The summed E-state index contributed by atoms with van der Waals surface area (Å²) in [6.07, 6.45) is 4.56. The lowest BCUT2D eigenvalue weighted by atomic mass is 10.2. The normalized spacial score (nSPS) is 11.0. The van der Waals surface area contributed by atoms with E-state index in [2.05, 4.69) is 16.9 Å². The number of imidazole rings is 1. The van der Waals surface area contributed by atoms with Crippen LogP contribution in [-0.4, -0.2) is 26.1 Å². The Morgan fingerprint density at radius 1 is 0.949 bits per heavy atom. The van der Waals surface area contributed by atoms with Crippen molar-refractivity contribution in [3.05, 3.63) is 114 Å². The van der Waals surface area contributed by atoms with Crippen LogP contribution in [0.4, 0.5) is 5.69 Å². The highest BCUT2D eigenvalue weighted by molar-refractivity contribution is 5.99. The molecule has 2 heterocycles. The molecule has 0 saturated heterocycles. The summed E-state index contributed by atoms with van der Waals surface area (Å²) in [5, 5.41) is 2.74. The van der Waals surface area contributed by atoms with Crippen molar-refractivity contribution in [1.82, 2.24) is 14.1 Å². The molecule has 3 aromatic carbocycles. The van der Waals surface area contributed by atoms with Crippen LogP contribution in [0.1, 0.15) is 19.4 Å². The van der Waals surface area contributed by atoms with E-state index in [1.165, 1.54) is 6.08 Å². The van der Waals surface area contributed by atoms with Crippen molar-refractivity contribution in [3.8, 4) is 28.6 Å². The number of nitrogens with zero attached hydrogens (tertiary/aromatic N) is 3. The van der Waals surface area contributed by atoms with Crippen LogP contribution in [0.2, 0.25) is 0 Å². The van der Waals surface area contributed by atoms with E-state index in [0.29, 0.717) is 39.6 Å². The number of rotatable bonds is 8. The number of hydrogen-bond donors (Lipinski definition) is 1. The fourth-order valence-electron chi connectivity index (χ4n) is 4.36. The number of anilines is 1. The summed E-state index contributed by atoms with van der Waals surface area (Å²) in [6.45, 7) is 9.37. The lowest BCUT2D eigenvalue weighted by molar-refractivity contribution is -0.111. The molecule has 0 aliphatic heterocycles. The second-order valence-electron chi connectivity index (χ2n) is 9.25. The lowest BCUT2D eigenvalue weighted by Gasteiger charge is -2.13. The molecule has 0 atom stereocenters. The fourth-order valence-corrected chi connectivity index (χ4v) is 4.36. The Bertz CT molecular complexity index is 1750. The molecule has 2 aromatic heterocycles. The summed E-state index contributed by atoms with van der Waals surface area (Å²) in [6, 6.07) is 22.0. The van der Waals surface area contributed by atoms with Crippen LogP contribution in [0.5, 0.6) is 17.2 Å². The maximum atomic E-state index is 13.8. The first-order chi connectivity index (χ1) is 18.8. The first-order valence-electron chi connectivity index (χ1n) is 12.5. The molecule has 0 unspecified atom stereocenters. The molecule has 5 aromatic rings. The molecule has 196 valence electrons. The van der Waals surface area contributed by atoms with Crippen LogP contribution in [0.3, 0.4) is 0 Å². The molecule has 1 N–H and O–H groups in total. The molecule has 0 fully saturated rings. The molecule has 0 radical (unpaired) electrons. The van der Waals surface area contributed by atoms with Gasteiger partial charge in [0.25, 0.3) is 0 Å². The number of aryl methyl sites for hydroxylation is 1. The van der Waals surface area contributed by atoms with Gasteiger partial charge >= 0.3 is 5.69 Å². The zero-order valence-corrected chi connectivity index (χ0v) is 21.9. The second kappa shape index (κ2) is 10.7. The van der Waals surface area contributed by atoms with Gasteiger partial charge in [-0.2, -0.15) is 0 Å². The molecule has 39 heavy (non-hydrogen) atoms. The predicted octanol–water partition coefficient (Wildman–Crippen LogP) is 6.19. The Morgan fingerprint density at radius 2 is 1.69 bits per heavy atom. The van der Waals surface area contributed by atoms with Gasteiger partial charge in [0, 0.05) is 18.0 Å². The molecule has 1 amide bonds. The average molecular weight is 521 g/mol. The van der Waals surface area contributed by atoms with Crippen molar-refractivity contribution in [3.63, 3.8) is 0 Å². The first-order valence-corrected chi connectivity index (χ1v) is 12.5. The number of fused-ring (bicyclic) bond motifs is 1. The molecule has 8 nitrogen and oxygen atoms in total. The topological polar surface area (TPSA) is 87.4 Å². The van der Waals surface area contributed by atoms with E-state index in [1.807, 2.05) is 69.3 Å². The third-order valence-electron chi connectivity index (χ3n) is 6.02. The van der Waals surface area contributed by atoms with Crippen LogP contribution in [0, 0.1) is 6.92 Å². The van der Waals surface area contributed by atoms with E-state index in [1.54, 1.807) is 45.8 Å². The second-order valence-corrected chi connectivity index (χ2v) is 9.25. The van der Waals surface area contributed by atoms with Gasteiger partial charge in [0.15, 0.2) is 0 Å². The number of aromatic nitrogens is 3. The summed E-state index contributed by atoms with van der Waals surface area (Å²) >= 11 is 0. The number of ether oxygens (including phenoxy) is 2. The molecule has 0 saturated carbocycles. The summed E-state index contributed by atoms with van der Waals surface area (Å²) in [5.74, 6) is 1.73. The van der Waals surface area contributed by atoms with E-state index < -0.39 is 0 Å². The average Bonchev–Trinajstić information content (AvgIpc) is 3.21. The van der Waals surface area contributed by atoms with Crippen molar-refractivity contribution in [2.24, 2.45) is 0 Å². The van der Waals surface area contributed by atoms with E-state index >= 15 is 0 Å². The monoisotopic (exact) mass is 520 g/mol. The van der Waals surface area contributed by atoms with E-state index in [-0.39, 0.29) is 17.7 Å². The Hall–Kier alpha value is -5.11. The van der Waals surface area contributed by atoms with Gasteiger partial charge < -0.3 is 14.8 Å². The minimum absolute atomic E-state index is 0.0598. The number of amides is 1. The first kappa shape index (κ1) is 25.5. The van der Waals surface area contributed by atoms with Crippen molar-refractivity contribution >= 4 is 22.6 Å². The molecule has 8 heteroatoms. The van der Waals surface area contributed by atoms with Gasteiger partial charge in [-0.15, -0.1) is 0 Å².